The number of anilines is 1. The number of fused-ring (bicyclic) bond motifs is 1. The van der Waals surface area contributed by atoms with Crippen molar-refractivity contribution in [2.24, 2.45) is 0 Å². The van der Waals surface area contributed by atoms with Crippen LogP contribution in [-0.4, -0.2) is 11.7 Å². The van der Waals surface area contributed by atoms with Crippen LogP contribution in [0.1, 0.15) is 5.56 Å². The van der Waals surface area contributed by atoms with Crippen molar-refractivity contribution in [1.82, 2.24) is 0 Å². The molecular formula is C19H16BrNOS. The summed E-state index contributed by atoms with van der Waals surface area (Å²) in [5, 5.41) is 5.14. The zero-order chi connectivity index (χ0) is 16.2. The van der Waals surface area contributed by atoms with Gasteiger partial charge in [-0.2, -0.15) is 0 Å². The van der Waals surface area contributed by atoms with Crippen LogP contribution >= 0.6 is 27.7 Å². The molecule has 0 saturated carbocycles. The highest BCUT2D eigenvalue weighted by atomic mass is 79.9. The number of carbonyl (C=O) groups is 1. The monoisotopic (exact) mass is 385 g/mol. The molecule has 116 valence electrons. The Labute approximate surface area is 148 Å². The number of rotatable bonds is 4. The second-order valence-electron chi connectivity index (χ2n) is 5.29. The SMILES string of the molecule is Cc1ccc(SCC(=O)Nc2ccc(Br)c3ccccc23)cc1. The van der Waals surface area contributed by atoms with Gasteiger partial charge in [0.05, 0.1) is 5.75 Å². The number of hydrogen-bond donors (Lipinski definition) is 1. The van der Waals surface area contributed by atoms with E-state index in [1.54, 1.807) is 11.8 Å². The fourth-order valence-corrected chi connectivity index (χ4v) is 3.52. The van der Waals surface area contributed by atoms with Crippen LogP contribution in [-0.2, 0) is 4.79 Å². The van der Waals surface area contributed by atoms with Crippen molar-refractivity contribution in [2.45, 2.75) is 11.8 Å². The molecule has 0 radical (unpaired) electrons. The van der Waals surface area contributed by atoms with Gasteiger partial charge in [-0.1, -0.05) is 57.9 Å². The molecule has 0 aliphatic heterocycles. The van der Waals surface area contributed by atoms with Crippen LogP contribution in [0.15, 0.2) is 70.0 Å². The molecule has 23 heavy (non-hydrogen) atoms. The number of hydrogen-bond acceptors (Lipinski definition) is 2. The van der Waals surface area contributed by atoms with Crippen LogP contribution < -0.4 is 5.32 Å². The fraction of sp³-hybridized carbons (Fsp3) is 0.105. The number of benzene rings is 3. The van der Waals surface area contributed by atoms with Crippen LogP contribution in [0.5, 0.6) is 0 Å². The van der Waals surface area contributed by atoms with Gasteiger partial charge in [0.2, 0.25) is 5.91 Å². The Morgan fingerprint density at radius 1 is 1.00 bits per heavy atom. The van der Waals surface area contributed by atoms with Crippen LogP contribution in [0.2, 0.25) is 0 Å². The Morgan fingerprint density at radius 3 is 2.43 bits per heavy atom. The largest absolute Gasteiger partial charge is 0.325 e. The molecule has 2 nitrogen and oxygen atoms in total. The third kappa shape index (κ3) is 3.95. The number of aryl methyl sites for hydroxylation is 1. The summed E-state index contributed by atoms with van der Waals surface area (Å²) in [7, 11) is 0. The van der Waals surface area contributed by atoms with E-state index < -0.39 is 0 Å². The van der Waals surface area contributed by atoms with Crippen molar-refractivity contribution >= 4 is 50.1 Å². The van der Waals surface area contributed by atoms with Gasteiger partial charge in [-0.3, -0.25) is 4.79 Å². The predicted octanol–water partition coefficient (Wildman–Crippen LogP) is 5.64. The predicted molar refractivity (Wildman–Crippen MR) is 102 cm³/mol. The molecule has 0 unspecified atom stereocenters. The molecule has 0 spiro atoms. The van der Waals surface area contributed by atoms with E-state index in [1.807, 2.05) is 48.5 Å². The van der Waals surface area contributed by atoms with Crippen LogP contribution in [0, 0.1) is 6.92 Å². The van der Waals surface area contributed by atoms with Crippen molar-refractivity contribution in [2.75, 3.05) is 11.1 Å². The summed E-state index contributed by atoms with van der Waals surface area (Å²) >= 11 is 5.09. The lowest BCUT2D eigenvalue weighted by atomic mass is 10.1. The summed E-state index contributed by atoms with van der Waals surface area (Å²) in [6, 6.07) is 20.1. The zero-order valence-electron chi connectivity index (χ0n) is 12.7. The summed E-state index contributed by atoms with van der Waals surface area (Å²) in [5.41, 5.74) is 2.07. The molecule has 0 aromatic heterocycles. The van der Waals surface area contributed by atoms with Gasteiger partial charge in [-0.05, 0) is 36.6 Å². The van der Waals surface area contributed by atoms with E-state index in [0.717, 1.165) is 25.8 Å². The molecule has 0 fully saturated rings. The quantitative estimate of drug-likeness (QED) is 0.588. The molecular weight excluding hydrogens is 370 g/mol. The summed E-state index contributed by atoms with van der Waals surface area (Å²) in [6.45, 7) is 2.06. The average molecular weight is 386 g/mol. The molecule has 3 rings (SSSR count). The Balaban J connectivity index is 1.71. The van der Waals surface area contributed by atoms with Crippen molar-refractivity contribution in [1.29, 1.82) is 0 Å². The summed E-state index contributed by atoms with van der Waals surface area (Å²) < 4.78 is 1.03. The van der Waals surface area contributed by atoms with Gasteiger partial charge in [-0.15, -0.1) is 11.8 Å². The fourth-order valence-electron chi connectivity index (χ4n) is 2.34. The lowest BCUT2D eigenvalue weighted by molar-refractivity contribution is -0.113. The molecule has 4 heteroatoms. The highest BCUT2D eigenvalue weighted by molar-refractivity contribution is 9.10. The maximum absolute atomic E-state index is 12.2. The summed E-state index contributed by atoms with van der Waals surface area (Å²) in [5.74, 6) is 0.399. The first kappa shape index (κ1) is 16.1. The van der Waals surface area contributed by atoms with E-state index in [1.165, 1.54) is 5.56 Å². The summed E-state index contributed by atoms with van der Waals surface area (Å²) in [4.78, 5) is 13.3. The third-order valence-electron chi connectivity index (χ3n) is 3.54. The Hall–Kier alpha value is -1.78. The second kappa shape index (κ2) is 7.20. The van der Waals surface area contributed by atoms with Gasteiger partial charge >= 0.3 is 0 Å². The third-order valence-corrected chi connectivity index (χ3v) is 5.24. The molecule has 1 amide bonds. The van der Waals surface area contributed by atoms with Crippen LogP contribution in [0.3, 0.4) is 0 Å². The van der Waals surface area contributed by atoms with Gasteiger partial charge in [-0.25, -0.2) is 0 Å². The second-order valence-corrected chi connectivity index (χ2v) is 7.19. The van der Waals surface area contributed by atoms with Crippen molar-refractivity contribution in [3.63, 3.8) is 0 Å². The summed E-state index contributed by atoms with van der Waals surface area (Å²) in [6.07, 6.45) is 0. The standard InChI is InChI=1S/C19H16BrNOS/c1-13-6-8-14(9-7-13)23-12-19(22)21-18-11-10-17(20)15-4-2-3-5-16(15)18/h2-11H,12H2,1H3,(H,21,22). The first-order valence-corrected chi connectivity index (χ1v) is 9.08. The van der Waals surface area contributed by atoms with Gasteiger partial charge in [0, 0.05) is 20.4 Å². The molecule has 3 aromatic carbocycles. The minimum atomic E-state index is 0.00282. The minimum absolute atomic E-state index is 0.00282. The van der Waals surface area contributed by atoms with Gasteiger partial charge in [0.1, 0.15) is 0 Å². The number of amides is 1. The Bertz CT molecular complexity index is 846. The zero-order valence-corrected chi connectivity index (χ0v) is 15.1. The van der Waals surface area contributed by atoms with Crippen molar-refractivity contribution < 1.29 is 4.79 Å². The first-order chi connectivity index (χ1) is 11.1. The average Bonchev–Trinajstić information content (AvgIpc) is 2.57. The lowest BCUT2D eigenvalue weighted by Gasteiger charge is -2.10. The Morgan fingerprint density at radius 2 is 1.70 bits per heavy atom. The molecule has 0 aliphatic rings. The number of carbonyl (C=O) groups excluding carboxylic acids is 1. The van der Waals surface area contributed by atoms with E-state index in [0.29, 0.717) is 5.75 Å². The van der Waals surface area contributed by atoms with Crippen molar-refractivity contribution in [3.8, 4) is 0 Å². The molecule has 0 bridgehead atoms. The van der Waals surface area contributed by atoms with E-state index in [9.17, 15) is 4.79 Å². The smallest absolute Gasteiger partial charge is 0.234 e. The minimum Gasteiger partial charge on any atom is -0.325 e. The molecule has 0 atom stereocenters. The molecule has 0 aliphatic carbocycles. The van der Waals surface area contributed by atoms with E-state index >= 15 is 0 Å². The maximum atomic E-state index is 12.2. The van der Waals surface area contributed by atoms with Gasteiger partial charge < -0.3 is 5.32 Å². The first-order valence-electron chi connectivity index (χ1n) is 7.30. The van der Waals surface area contributed by atoms with E-state index in [2.05, 4.69) is 40.3 Å². The van der Waals surface area contributed by atoms with Crippen LogP contribution in [0.25, 0.3) is 10.8 Å². The van der Waals surface area contributed by atoms with Crippen molar-refractivity contribution in [3.05, 3.63) is 70.7 Å². The number of nitrogens with one attached hydrogen (secondary N) is 1. The molecule has 0 heterocycles. The Kier molecular flexibility index (Phi) is 5.03. The highest BCUT2D eigenvalue weighted by Crippen LogP contribution is 2.30. The topological polar surface area (TPSA) is 29.1 Å². The normalized spacial score (nSPS) is 10.7. The van der Waals surface area contributed by atoms with Gasteiger partial charge in [0.25, 0.3) is 0 Å². The van der Waals surface area contributed by atoms with Crippen LogP contribution in [0.4, 0.5) is 5.69 Å². The molecule has 3 aromatic rings. The molecule has 1 N–H and O–H groups in total. The van der Waals surface area contributed by atoms with E-state index in [-0.39, 0.29) is 5.91 Å². The highest BCUT2D eigenvalue weighted by Gasteiger charge is 2.08. The number of thioether (sulfide) groups is 1. The maximum Gasteiger partial charge on any atom is 0.234 e. The lowest BCUT2D eigenvalue weighted by Crippen LogP contribution is -2.14. The van der Waals surface area contributed by atoms with Gasteiger partial charge in [0.15, 0.2) is 0 Å². The molecule has 0 saturated heterocycles. The van der Waals surface area contributed by atoms with E-state index in [4.69, 9.17) is 0 Å². The number of halogens is 1.